The van der Waals surface area contributed by atoms with Gasteiger partial charge in [0, 0.05) is 18.0 Å². The minimum Gasteiger partial charge on any atom is -0.478 e. The number of carboxylic acids is 1. The van der Waals surface area contributed by atoms with Crippen molar-refractivity contribution in [3.05, 3.63) is 29.8 Å². The van der Waals surface area contributed by atoms with Crippen molar-refractivity contribution >= 4 is 23.6 Å². The van der Waals surface area contributed by atoms with Crippen LogP contribution in [0.2, 0.25) is 0 Å². The first-order chi connectivity index (χ1) is 9.16. The molecule has 5 nitrogen and oxygen atoms in total. The molecule has 1 aliphatic rings. The lowest BCUT2D eigenvalue weighted by Crippen LogP contribution is -2.41. The first-order valence-electron chi connectivity index (χ1n) is 5.98. The maximum Gasteiger partial charge on any atom is 0.335 e. The summed E-state index contributed by atoms with van der Waals surface area (Å²) in [7, 11) is 0. The van der Waals surface area contributed by atoms with Crippen LogP contribution in [0.5, 0.6) is 0 Å². The van der Waals surface area contributed by atoms with Crippen LogP contribution in [0.25, 0.3) is 0 Å². The van der Waals surface area contributed by atoms with Gasteiger partial charge in [0.05, 0.1) is 24.5 Å². The molecule has 102 valence electrons. The Morgan fingerprint density at radius 1 is 1.21 bits per heavy atom. The average molecular weight is 281 g/mol. The number of hydrogen-bond acceptors (Lipinski definition) is 4. The third kappa shape index (κ3) is 3.97. The van der Waals surface area contributed by atoms with E-state index in [1.165, 1.54) is 11.8 Å². The molecule has 1 N–H and O–H groups in total. The van der Waals surface area contributed by atoms with E-state index in [9.17, 15) is 9.59 Å². The molecule has 6 heteroatoms. The van der Waals surface area contributed by atoms with Crippen LogP contribution < -0.4 is 0 Å². The van der Waals surface area contributed by atoms with Crippen LogP contribution >= 0.6 is 11.8 Å². The van der Waals surface area contributed by atoms with Crippen molar-refractivity contribution in [2.75, 3.05) is 32.1 Å². The van der Waals surface area contributed by atoms with E-state index in [0.717, 1.165) is 4.90 Å². The Hall–Kier alpha value is -1.53. The third-order valence-electron chi connectivity index (χ3n) is 2.83. The van der Waals surface area contributed by atoms with Gasteiger partial charge in [0.15, 0.2) is 0 Å². The highest BCUT2D eigenvalue weighted by Gasteiger charge is 2.16. The second-order valence-corrected chi connectivity index (χ2v) is 5.16. The second-order valence-electron chi connectivity index (χ2n) is 4.11. The zero-order chi connectivity index (χ0) is 13.7. The van der Waals surface area contributed by atoms with Crippen molar-refractivity contribution in [1.82, 2.24) is 4.90 Å². The maximum atomic E-state index is 11.9. The normalized spacial score (nSPS) is 15.3. The Morgan fingerprint density at radius 2 is 1.84 bits per heavy atom. The molecule has 1 aliphatic heterocycles. The number of carboxylic acid groups (broad SMARTS) is 1. The van der Waals surface area contributed by atoms with E-state index in [0.29, 0.717) is 32.1 Å². The molecule has 0 atom stereocenters. The molecule has 1 aromatic carbocycles. The number of amides is 1. The van der Waals surface area contributed by atoms with Gasteiger partial charge < -0.3 is 14.7 Å². The molecule has 0 saturated carbocycles. The standard InChI is InChI=1S/C13H15NO4S/c15-12(14-5-7-18-8-6-14)9-19-11-3-1-10(2-4-11)13(16)17/h1-4H,5-9H2,(H,16,17). The Morgan fingerprint density at radius 3 is 2.42 bits per heavy atom. The Bertz CT molecular complexity index is 454. The fourth-order valence-corrected chi connectivity index (χ4v) is 2.54. The molecule has 1 saturated heterocycles. The fraction of sp³-hybridized carbons (Fsp3) is 0.385. The summed E-state index contributed by atoms with van der Waals surface area (Å²) in [5.74, 6) is -0.483. The second kappa shape index (κ2) is 6.58. The largest absolute Gasteiger partial charge is 0.478 e. The number of benzene rings is 1. The van der Waals surface area contributed by atoms with Crippen molar-refractivity contribution in [3.63, 3.8) is 0 Å². The molecule has 1 aromatic rings. The molecule has 0 spiro atoms. The lowest BCUT2D eigenvalue weighted by atomic mass is 10.2. The fourth-order valence-electron chi connectivity index (χ4n) is 1.74. The topological polar surface area (TPSA) is 66.8 Å². The molecule has 19 heavy (non-hydrogen) atoms. The quantitative estimate of drug-likeness (QED) is 0.844. The smallest absolute Gasteiger partial charge is 0.335 e. The lowest BCUT2D eigenvalue weighted by molar-refractivity contribution is -0.132. The van der Waals surface area contributed by atoms with Gasteiger partial charge in [0.1, 0.15) is 0 Å². The van der Waals surface area contributed by atoms with E-state index in [1.807, 2.05) is 0 Å². The predicted molar refractivity (Wildman–Crippen MR) is 71.5 cm³/mol. The highest BCUT2D eigenvalue weighted by atomic mass is 32.2. The minimum absolute atomic E-state index is 0.0932. The van der Waals surface area contributed by atoms with Gasteiger partial charge in [-0.15, -0.1) is 11.8 Å². The van der Waals surface area contributed by atoms with Crippen molar-refractivity contribution in [1.29, 1.82) is 0 Å². The summed E-state index contributed by atoms with van der Waals surface area (Å²) in [6.45, 7) is 2.50. The summed E-state index contributed by atoms with van der Waals surface area (Å²) in [6, 6.07) is 6.54. The average Bonchev–Trinajstić information content (AvgIpc) is 2.46. The molecule has 1 heterocycles. The molecule has 0 unspecified atom stereocenters. The number of aromatic carboxylic acids is 1. The SMILES string of the molecule is O=C(O)c1ccc(SCC(=O)N2CCOCC2)cc1. The van der Waals surface area contributed by atoms with Crippen LogP contribution in [0, 0.1) is 0 Å². The molecule has 1 amide bonds. The Labute approximate surface area is 115 Å². The van der Waals surface area contributed by atoms with E-state index < -0.39 is 5.97 Å². The van der Waals surface area contributed by atoms with E-state index in [2.05, 4.69) is 0 Å². The first-order valence-corrected chi connectivity index (χ1v) is 6.97. The number of carbonyl (C=O) groups is 2. The monoisotopic (exact) mass is 281 g/mol. The van der Waals surface area contributed by atoms with Gasteiger partial charge in [-0.2, -0.15) is 0 Å². The van der Waals surface area contributed by atoms with Gasteiger partial charge in [-0.25, -0.2) is 4.79 Å². The molecule has 0 radical (unpaired) electrons. The molecule has 1 fully saturated rings. The number of ether oxygens (including phenoxy) is 1. The number of thioether (sulfide) groups is 1. The van der Waals surface area contributed by atoms with Crippen LogP contribution in [0.3, 0.4) is 0 Å². The van der Waals surface area contributed by atoms with Crippen LogP contribution in [0.1, 0.15) is 10.4 Å². The van der Waals surface area contributed by atoms with E-state index in [-0.39, 0.29) is 11.5 Å². The van der Waals surface area contributed by atoms with Crippen molar-refractivity contribution in [2.24, 2.45) is 0 Å². The Kier molecular flexibility index (Phi) is 4.81. The number of rotatable bonds is 4. The van der Waals surface area contributed by atoms with Gasteiger partial charge in [0.25, 0.3) is 0 Å². The molecule has 2 rings (SSSR count). The van der Waals surface area contributed by atoms with Gasteiger partial charge in [-0.3, -0.25) is 4.79 Å². The highest BCUT2D eigenvalue weighted by molar-refractivity contribution is 8.00. The van der Waals surface area contributed by atoms with E-state index in [4.69, 9.17) is 9.84 Å². The lowest BCUT2D eigenvalue weighted by Gasteiger charge is -2.26. The molecule has 0 aromatic heterocycles. The van der Waals surface area contributed by atoms with Crippen LogP contribution in [-0.4, -0.2) is 53.9 Å². The van der Waals surface area contributed by atoms with Gasteiger partial charge in [-0.05, 0) is 24.3 Å². The van der Waals surface area contributed by atoms with E-state index in [1.54, 1.807) is 29.2 Å². The summed E-state index contributed by atoms with van der Waals surface area (Å²) >= 11 is 1.42. The molecular formula is C13H15NO4S. The summed E-state index contributed by atoms with van der Waals surface area (Å²) < 4.78 is 5.19. The summed E-state index contributed by atoms with van der Waals surface area (Å²) in [5.41, 5.74) is 0.254. The van der Waals surface area contributed by atoms with Crippen LogP contribution in [0.15, 0.2) is 29.2 Å². The predicted octanol–water partition coefficient (Wildman–Crippen LogP) is 1.34. The number of carbonyl (C=O) groups excluding carboxylic acids is 1. The number of nitrogens with zero attached hydrogens (tertiary/aromatic N) is 1. The zero-order valence-electron chi connectivity index (χ0n) is 10.4. The zero-order valence-corrected chi connectivity index (χ0v) is 11.2. The summed E-state index contributed by atoms with van der Waals surface area (Å²) in [4.78, 5) is 25.3. The van der Waals surface area contributed by atoms with Crippen molar-refractivity contribution in [2.45, 2.75) is 4.90 Å². The summed E-state index contributed by atoms with van der Waals surface area (Å²) in [5, 5.41) is 8.78. The van der Waals surface area contributed by atoms with Crippen molar-refractivity contribution < 1.29 is 19.4 Å². The van der Waals surface area contributed by atoms with Crippen molar-refractivity contribution in [3.8, 4) is 0 Å². The van der Waals surface area contributed by atoms with Gasteiger partial charge in [0.2, 0.25) is 5.91 Å². The molecule has 0 aliphatic carbocycles. The minimum atomic E-state index is -0.944. The van der Waals surface area contributed by atoms with Gasteiger partial charge >= 0.3 is 5.97 Å². The maximum absolute atomic E-state index is 11.9. The Balaban J connectivity index is 1.84. The number of morpholine rings is 1. The summed E-state index contributed by atoms with van der Waals surface area (Å²) in [6.07, 6.45) is 0. The van der Waals surface area contributed by atoms with Crippen LogP contribution in [-0.2, 0) is 9.53 Å². The molecule has 0 bridgehead atoms. The third-order valence-corrected chi connectivity index (χ3v) is 3.82. The number of hydrogen-bond donors (Lipinski definition) is 1. The van der Waals surface area contributed by atoms with Crippen LogP contribution in [0.4, 0.5) is 0 Å². The highest BCUT2D eigenvalue weighted by Crippen LogP contribution is 2.19. The first kappa shape index (κ1) is 13.9. The van der Waals surface area contributed by atoms with E-state index >= 15 is 0 Å². The van der Waals surface area contributed by atoms with Gasteiger partial charge in [-0.1, -0.05) is 0 Å². The molecular weight excluding hydrogens is 266 g/mol.